The average Bonchev–Trinajstić information content (AvgIpc) is 2.19. The van der Waals surface area contributed by atoms with Crippen molar-refractivity contribution in [3.8, 4) is 5.75 Å². The molecule has 0 fully saturated rings. The Kier molecular flexibility index (Phi) is 3.99. The summed E-state index contributed by atoms with van der Waals surface area (Å²) in [6.45, 7) is 7.43. The van der Waals surface area contributed by atoms with Gasteiger partial charge in [0, 0.05) is 0 Å². The van der Waals surface area contributed by atoms with Gasteiger partial charge in [0.1, 0.15) is 5.75 Å². The lowest BCUT2D eigenvalue weighted by atomic mass is 10.0. The number of methoxy groups -OCH3 is 1. The zero-order valence-corrected chi connectivity index (χ0v) is 8.55. The van der Waals surface area contributed by atoms with Crippen LogP contribution in [-0.4, -0.2) is 7.11 Å². The third kappa shape index (κ3) is 2.25. The van der Waals surface area contributed by atoms with Gasteiger partial charge in [-0.15, -0.1) is 13.2 Å². The summed E-state index contributed by atoms with van der Waals surface area (Å²) in [5.41, 5.74) is 2.25. The summed E-state index contributed by atoms with van der Waals surface area (Å²) in [6.07, 6.45) is 5.35. The van der Waals surface area contributed by atoms with Crippen LogP contribution in [0.2, 0.25) is 0 Å². The Hall–Kier alpha value is -1.50. The van der Waals surface area contributed by atoms with Gasteiger partial charge in [0.25, 0.3) is 0 Å². The molecule has 73 valence electrons. The molecule has 0 aliphatic carbocycles. The topological polar surface area (TPSA) is 9.23 Å². The van der Waals surface area contributed by atoms with E-state index in [1.807, 2.05) is 24.3 Å². The number of benzene rings is 1. The Morgan fingerprint density at radius 1 is 1.21 bits per heavy atom. The number of rotatable bonds is 5. The molecule has 0 aliphatic heterocycles. The predicted octanol–water partition coefficient (Wildman–Crippen LogP) is 2.95. The van der Waals surface area contributed by atoms with Crippen LogP contribution in [0.5, 0.6) is 5.75 Å². The van der Waals surface area contributed by atoms with E-state index >= 15 is 0 Å². The molecule has 0 aliphatic rings. The van der Waals surface area contributed by atoms with Crippen LogP contribution >= 0.6 is 0 Å². The molecule has 14 heavy (non-hydrogen) atoms. The fraction of sp³-hybridized carbons (Fsp3) is 0.231. The first-order valence-corrected chi connectivity index (χ1v) is 4.61. The maximum Gasteiger partial charge on any atom is 0.125 e. The van der Waals surface area contributed by atoms with Crippen LogP contribution < -0.4 is 4.74 Å². The SMILES string of the molecule is C=CCc1c[c]cc(CC=C)c1OC. The van der Waals surface area contributed by atoms with E-state index < -0.39 is 0 Å². The first kappa shape index (κ1) is 10.6. The first-order valence-electron chi connectivity index (χ1n) is 4.61. The number of hydrogen-bond acceptors (Lipinski definition) is 1. The lowest BCUT2D eigenvalue weighted by Gasteiger charge is -2.10. The van der Waals surface area contributed by atoms with Crippen LogP contribution in [0.15, 0.2) is 37.4 Å². The van der Waals surface area contributed by atoms with Crippen molar-refractivity contribution in [3.05, 3.63) is 54.6 Å². The Morgan fingerprint density at radius 3 is 2.07 bits per heavy atom. The van der Waals surface area contributed by atoms with Gasteiger partial charge in [-0.3, -0.25) is 0 Å². The van der Waals surface area contributed by atoms with Gasteiger partial charge >= 0.3 is 0 Å². The highest BCUT2D eigenvalue weighted by molar-refractivity contribution is 5.42. The second-order valence-corrected chi connectivity index (χ2v) is 3.02. The zero-order chi connectivity index (χ0) is 10.4. The Balaban J connectivity index is 3.09. The van der Waals surface area contributed by atoms with Crippen LogP contribution in [0.1, 0.15) is 11.1 Å². The van der Waals surface area contributed by atoms with E-state index in [1.54, 1.807) is 7.11 Å². The lowest BCUT2D eigenvalue weighted by Crippen LogP contribution is -1.96. The van der Waals surface area contributed by atoms with Crippen LogP contribution in [0.25, 0.3) is 0 Å². The summed E-state index contributed by atoms with van der Waals surface area (Å²) in [4.78, 5) is 0. The molecule has 0 saturated carbocycles. The van der Waals surface area contributed by atoms with Gasteiger partial charge in [0.15, 0.2) is 0 Å². The second kappa shape index (κ2) is 5.28. The Morgan fingerprint density at radius 2 is 1.71 bits per heavy atom. The van der Waals surface area contributed by atoms with E-state index in [0.29, 0.717) is 0 Å². The molecule has 0 bridgehead atoms. The fourth-order valence-electron chi connectivity index (χ4n) is 1.46. The van der Waals surface area contributed by atoms with E-state index in [-0.39, 0.29) is 0 Å². The third-order valence-electron chi connectivity index (χ3n) is 2.03. The summed E-state index contributed by atoms with van der Waals surface area (Å²) >= 11 is 0. The standard InChI is InChI=1S/C13H15O/c1-4-7-11-9-6-10-12(8-5-2)13(11)14-3/h4-5,9-10H,1-2,7-8H2,3H3. The molecule has 1 heteroatoms. The fourth-order valence-corrected chi connectivity index (χ4v) is 1.46. The van der Waals surface area contributed by atoms with Gasteiger partial charge in [-0.25, -0.2) is 0 Å². The highest BCUT2D eigenvalue weighted by Crippen LogP contribution is 2.24. The Bertz CT molecular complexity index is 298. The van der Waals surface area contributed by atoms with E-state index in [4.69, 9.17) is 4.74 Å². The summed E-state index contributed by atoms with van der Waals surface area (Å²) in [6, 6.07) is 6.97. The molecule has 0 unspecified atom stereocenters. The lowest BCUT2D eigenvalue weighted by molar-refractivity contribution is 0.406. The van der Waals surface area contributed by atoms with Crippen molar-refractivity contribution in [2.24, 2.45) is 0 Å². The maximum atomic E-state index is 5.37. The molecular weight excluding hydrogens is 172 g/mol. The van der Waals surface area contributed by atoms with E-state index in [9.17, 15) is 0 Å². The summed E-state index contributed by atoms with van der Waals surface area (Å²) in [7, 11) is 1.69. The van der Waals surface area contributed by atoms with Crippen molar-refractivity contribution in [3.63, 3.8) is 0 Å². The molecule has 0 spiro atoms. The molecular formula is C13H15O. The highest BCUT2D eigenvalue weighted by Gasteiger charge is 2.05. The van der Waals surface area contributed by atoms with Gasteiger partial charge in [0.05, 0.1) is 7.11 Å². The molecule has 0 aromatic heterocycles. The van der Waals surface area contributed by atoms with Crippen molar-refractivity contribution in [1.29, 1.82) is 0 Å². The molecule has 0 heterocycles. The monoisotopic (exact) mass is 187 g/mol. The van der Waals surface area contributed by atoms with Gasteiger partial charge in [-0.2, -0.15) is 0 Å². The van der Waals surface area contributed by atoms with E-state index in [0.717, 1.165) is 29.7 Å². The molecule has 1 radical (unpaired) electrons. The highest BCUT2D eigenvalue weighted by atomic mass is 16.5. The van der Waals surface area contributed by atoms with E-state index in [1.165, 1.54) is 0 Å². The van der Waals surface area contributed by atoms with Crippen LogP contribution in [0, 0.1) is 6.07 Å². The maximum absolute atomic E-state index is 5.37. The summed E-state index contributed by atoms with van der Waals surface area (Å²) in [5.74, 6) is 0.934. The normalized spacial score (nSPS) is 9.50. The van der Waals surface area contributed by atoms with Crippen molar-refractivity contribution in [2.75, 3.05) is 7.11 Å². The molecule has 1 rings (SSSR count). The molecule has 0 atom stereocenters. The van der Waals surface area contributed by atoms with Crippen molar-refractivity contribution >= 4 is 0 Å². The quantitative estimate of drug-likeness (QED) is 0.644. The minimum Gasteiger partial charge on any atom is -0.496 e. The molecule has 0 saturated heterocycles. The molecule has 1 aromatic carbocycles. The van der Waals surface area contributed by atoms with Crippen molar-refractivity contribution < 1.29 is 4.74 Å². The Labute approximate surface area is 85.7 Å². The largest absolute Gasteiger partial charge is 0.496 e. The molecule has 1 nitrogen and oxygen atoms in total. The van der Waals surface area contributed by atoms with Crippen LogP contribution in [0.4, 0.5) is 0 Å². The minimum absolute atomic E-state index is 0.810. The van der Waals surface area contributed by atoms with Crippen LogP contribution in [-0.2, 0) is 12.8 Å². The second-order valence-electron chi connectivity index (χ2n) is 3.02. The van der Waals surface area contributed by atoms with Crippen molar-refractivity contribution in [1.82, 2.24) is 0 Å². The molecule has 0 amide bonds. The summed E-state index contributed by atoms with van der Waals surface area (Å²) < 4.78 is 5.37. The number of hydrogen-bond donors (Lipinski definition) is 0. The number of allylic oxidation sites excluding steroid dienone is 2. The third-order valence-corrected chi connectivity index (χ3v) is 2.03. The number of ether oxygens (including phenoxy) is 1. The van der Waals surface area contributed by atoms with Gasteiger partial charge in [-0.05, 0) is 42.2 Å². The van der Waals surface area contributed by atoms with Gasteiger partial charge < -0.3 is 4.74 Å². The molecule has 1 aromatic rings. The average molecular weight is 187 g/mol. The smallest absolute Gasteiger partial charge is 0.125 e. The first-order chi connectivity index (χ1) is 6.83. The minimum atomic E-state index is 0.810. The van der Waals surface area contributed by atoms with Gasteiger partial charge in [-0.1, -0.05) is 12.2 Å². The van der Waals surface area contributed by atoms with E-state index in [2.05, 4.69) is 19.2 Å². The zero-order valence-electron chi connectivity index (χ0n) is 8.55. The molecule has 0 N–H and O–H groups in total. The summed E-state index contributed by atoms with van der Waals surface area (Å²) in [5, 5.41) is 0. The predicted molar refractivity (Wildman–Crippen MR) is 59.6 cm³/mol. The van der Waals surface area contributed by atoms with Gasteiger partial charge in [0.2, 0.25) is 0 Å². The van der Waals surface area contributed by atoms with Crippen molar-refractivity contribution in [2.45, 2.75) is 12.8 Å². The van der Waals surface area contributed by atoms with Crippen LogP contribution in [0.3, 0.4) is 0 Å².